The number of alkyl halides is 1. The molecule has 0 spiro atoms. The number of ether oxygens (including phenoxy) is 1. The first-order valence-corrected chi connectivity index (χ1v) is 8.07. The second-order valence-electron chi connectivity index (χ2n) is 6.29. The van der Waals surface area contributed by atoms with E-state index in [-0.39, 0.29) is 25.6 Å². The Hall–Kier alpha value is -2.40. The maximum absolute atomic E-state index is 13.4. The number of benzene rings is 2. The number of fused-ring (bicyclic) bond motifs is 3. The first-order chi connectivity index (χ1) is 11.6. The Bertz CT molecular complexity index is 723. The van der Waals surface area contributed by atoms with E-state index in [4.69, 9.17) is 4.74 Å². The van der Waals surface area contributed by atoms with Crippen LogP contribution in [0.15, 0.2) is 48.5 Å². The van der Waals surface area contributed by atoms with Gasteiger partial charge in [-0.15, -0.1) is 0 Å². The van der Waals surface area contributed by atoms with Crippen molar-refractivity contribution in [1.29, 1.82) is 0 Å². The van der Waals surface area contributed by atoms with Crippen molar-refractivity contribution in [1.82, 2.24) is 4.90 Å². The molecule has 1 saturated heterocycles. The first-order valence-electron chi connectivity index (χ1n) is 8.07. The fourth-order valence-corrected chi connectivity index (χ4v) is 3.58. The van der Waals surface area contributed by atoms with Crippen molar-refractivity contribution in [3.63, 3.8) is 0 Å². The second kappa shape index (κ2) is 5.91. The fraction of sp³-hybridized carbons (Fsp3) is 0.316. The number of β-amino-alcohol motifs (C(OH)–C–C–N with tert-alkyl or cyclic N) is 1. The quantitative estimate of drug-likeness (QED) is 0.923. The van der Waals surface area contributed by atoms with Crippen LogP contribution >= 0.6 is 0 Å². The molecule has 1 aliphatic carbocycles. The summed E-state index contributed by atoms with van der Waals surface area (Å²) in [4.78, 5) is 13.4. The van der Waals surface area contributed by atoms with Crippen LogP contribution in [0.4, 0.5) is 9.18 Å². The number of nitrogens with zero attached hydrogens (tertiary/aromatic N) is 1. The minimum Gasteiger partial charge on any atom is -0.448 e. The van der Waals surface area contributed by atoms with Crippen LogP contribution < -0.4 is 0 Å². The standard InChI is InChI=1S/C19H18FNO3/c20-17-9-21(10-18(17)22)19(23)24-11-16-14-7-3-1-5-12(14)13-6-2-4-8-15(13)16/h1-8,16-18,22H,9-11H2/t17-,18-/m0/s1. The minimum absolute atomic E-state index is 0.0160. The van der Waals surface area contributed by atoms with Gasteiger partial charge in [-0.1, -0.05) is 48.5 Å². The van der Waals surface area contributed by atoms with E-state index in [0.29, 0.717) is 0 Å². The normalized spacial score (nSPS) is 22.3. The third-order valence-electron chi connectivity index (χ3n) is 4.81. The van der Waals surface area contributed by atoms with Crippen LogP contribution in [0.2, 0.25) is 0 Å². The lowest BCUT2D eigenvalue weighted by atomic mass is 9.98. The van der Waals surface area contributed by atoms with E-state index in [2.05, 4.69) is 12.1 Å². The molecule has 1 heterocycles. The van der Waals surface area contributed by atoms with Crippen molar-refractivity contribution >= 4 is 6.09 Å². The minimum atomic E-state index is -1.40. The van der Waals surface area contributed by atoms with E-state index >= 15 is 0 Å². The third kappa shape index (κ3) is 2.45. The summed E-state index contributed by atoms with van der Waals surface area (Å²) in [5.74, 6) is -0.0185. The highest BCUT2D eigenvalue weighted by molar-refractivity contribution is 5.79. The number of likely N-dealkylation sites (tertiary alicyclic amines) is 1. The molecule has 0 unspecified atom stereocenters. The Balaban J connectivity index is 1.52. The SMILES string of the molecule is O=C(OCC1c2ccccc2-c2ccccc21)N1C[C@H](O)[C@@H](F)C1. The van der Waals surface area contributed by atoms with E-state index in [9.17, 15) is 14.3 Å². The molecule has 4 nitrogen and oxygen atoms in total. The highest BCUT2D eigenvalue weighted by Gasteiger charge is 2.36. The van der Waals surface area contributed by atoms with E-state index in [1.54, 1.807) is 0 Å². The van der Waals surface area contributed by atoms with E-state index in [1.807, 2.05) is 36.4 Å². The van der Waals surface area contributed by atoms with Gasteiger partial charge in [-0.05, 0) is 22.3 Å². The second-order valence-corrected chi connectivity index (χ2v) is 6.29. The number of rotatable bonds is 2. The van der Waals surface area contributed by atoms with Gasteiger partial charge in [0.25, 0.3) is 0 Å². The van der Waals surface area contributed by atoms with Crippen LogP contribution in [0.5, 0.6) is 0 Å². The molecular weight excluding hydrogens is 309 g/mol. The molecule has 2 aliphatic rings. The highest BCUT2D eigenvalue weighted by atomic mass is 19.1. The van der Waals surface area contributed by atoms with Crippen LogP contribution in [-0.4, -0.2) is 48.1 Å². The number of amides is 1. The Labute approximate surface area is 139 Å². The molecule has 1 amide bonds. The fourth-order valence-electron chi connectivity index (χ4n) is 3.58. The topological polar surface area (TPSA) is 49.8 Å². The third-order valence-corrected chi connectivity index (χ3v) is 4.81. The van der Waals surface area contributed by atoms with Gasteiger partial charge in [0, 0.05) is 5.92 Å². The molecule has 4 rings (SSSR count). The summed E-state index contributed by atoms with van der Waals surface area (Å²) < 4.78 is 18.8. The summed E-state index contributed by atoms with van der Waals surface area (Å²) in [7, 11) is 0. The summed E-state index contributed by atoms with van der Waals surface area (Å²) in [5.41, 5.74) is 4.59. The predicted molar refractivity (Wildman–Crippen MR) is 87.5 cm³/mol. The van der Waals surface area contributed by atoms with Crippen molar-refractivity contribution < 1.29 is 19.0 Å². The smallest absolute Gasteiger partial charge is 0.409 e. The maximum Gasteiger partial charge on any atom is 0.409 e. The largest absolute Gasteiger partial charge is 0.448 e. The van der Waals surface area contributed by atoms with Crippen molar-refractivity contribution in [3.05, 3.63) is 59.7 Å². The van der Waals surface area contributed by atoms with Gasteiger partial charge < -0.3 is 14.7 Å². The number of aliphatic hydroxyl groups is 1. The van der Waals surface area contributed by atoms with Gasteiger partial charge in [0.15, 0.2) is 0 Å². The Morgan fingerprint density at radius 3 is 2.21 bits per heavy atom. The van der Waals surface area contributed by atoms with Crippen LogP contribution in [0.1, 0.15) is 17.0 Å². The average molecular weight is 327 g/mol. The number of hydrogen-bond donors (Lipinski definition) is 1. The lowest BCUT2D eigenvalue weighted by Gasteiger charge is -2.18. The molecule has 124 valence electrons. The zero-order valence-corrected chi connectivity index (χ0v) is 13.1. The van der Waals surface area contributed by atoms with E-state index in [0.717, 1.165) is 22.3 Å². The van der Waals surface area contributed by atoms with E-state index < -0.39 is 18.4 Å². The summed E-state index contributed by atoms with van der Waals surface area (Å²) >= 11 is 0. The molecule has 1 aliphatic heterocycles. The summed E-state index contributed by atoms with van der Waals surface area (Å²) in [5, 5.41) is 9.43. The molecule has 1 N–H and O–H groups in total. The molecule has 1 fully saturated rings. The zero-order chi connectivity index (χ0) is 16.7. The Morgan fingerprint density at radius 1 is 1.08 bits per heavy atom. The predicted octanol–water partition coefficient (Wildman–Crippen LogP) is 2.95. The summed E-state index contributed by atoms with van der Waals surface area (Å²) in [6, 6.07) is 16.2. The van der Waals surface area contributed by atoms with Crippen molar-refractivity contribution in [2.75, 3.05) is 19.7 Å². The maximum atomic E-state index is 13.4. The molecule has 0 aromatic heterocycles. The van der Waals surface area contributed by atoms with E-state index in [1.165, 1.54) is 4.90 Å². The summed E-state index contributed by atoms with van der Waals surface area (Å²) in [6.07, 6.45) is -3.09. The first kappa shape index (κ1) is 15.1. The average Bonchev–Trinajstić information content (AvgIpc) is 3.11. The molecule has 24 heavy (non-hydrogen) atoms. The van der Waals surface area contributed by atoms with Gasteiger partial charge in [0.1, 0.15) is 18.9 Å². The molecule has 0 saturated carbocycles. The number of aliphatic hydroxyl groups excluding tert-OH is 1. The zero-order valence-electron chi connectivity index (χ0n) is 13.1. The van der Waals surface area contributed by atoms with Gasteiger partial charge in [-0.25, -0.2) is 9.18 Å². The summed E-state index contributed by atoms with van der Waals surface area (Å²) in [6.45, 7) is 0.0755. The van der Waals surface area contributed by atoms with Gasteiger partial charge >= 0.3 is 6.09 Å². The lowest BCUT2D eigenvalue weighted by Crippen LogP contribution is -2.31. The van der Waals surface area contributed by atoms with Crippen LogP contribution in [0, 0.1) is 0 Å². The van der Waals surface area contributed by atoms with Crippen LogP contribution in [0.3, 0.4) is 0 Å². The molecule has 5 heteroatoms. The van der Waals surface area contributed by atoms with Crippen molar-refractivity contribution in [3.8, 4) is 11.1 Å². The number of carbonyl (C=O) groups excluding carboxylic acids is 1. The van der Waals surface area contributed by atoms with Gasteiger partial charge in [0.05, 0.1) is 13.1 Å². The molecule has 2 atom stereocenters. The van der Waals surface area contributed by atoms with Crippen LogP contribution in [-0.2, 0) is 4.74 Å². The molecular formula is C19H18FNO3. The lowest BCUT2D eigenvalue weighted by molar-refractivity contribution is 0.0986. The molecule has 0 bridgehead atoms. The number of halogens is 1. The van der Waals surface area contributed by atoms with Crippen molar-refractivity contribution in [2.45, 2.75) is 18.2 Å². The van der Waals surface area contributed by atoms with Crippen molar-refractivity contribution in [2.24, 2.45) is 0 Å². The Kier molecular flexibility index (Phi) is 3.73. The van der Waals surface area contributed by atoms with Gasteiger partial charge in [-0.3, -0.25) is 0 Å². The monoisotopic (exact) mass is 327 g/mol. The van der Waals surface area contributed by atoms with Gasteiger partial charge in [-0.2, -0.15) is 0 Å². The molecule has 0 radical (unpaired) electrons. The van der Waals surface area contributed by atoms with Crippen LogP contribution in [0.25, 0.3) is 11.1 Å². The Morgan fingerprint density at radius 2 is 1.67 bits per heavy atom. The van der Waals surface area contributed by atoms with Gasteiger partial charge in [0.2, 0.25) is 0 Å². The number of carbonyl (C=O) groups is 1. The molecule has 2 aromatic carbocycles. The number of hydrogen-bond acceptors (Lipinski definition) is 3. The highest BCUT2D eigenvalue weighted by Crippen LogP contribution is 2.44. The molecule has 2 aromatic rings.